The van der Waals surface area contributed by atoms with E-state index >= 15 is 0 Å². The van der Waals surface area contributed by atoms with Crippen molar-refractivity contribution in [3.8, 4) is 0 Å². The van der Waals surface area contributed by atoms with Crippen LogP contribution in [0.15, 0.2) is 54.9 Å². The highest BCUT2D eigenvalue weighted by Gasteiger charge is 2.13. The van der Waals surface area contributed by atoms with E-state index in [1.165, 1.54) is 11.1 Å². The molecule has 94 valence electrons. The number of nitrogens with zero attached hydrogens (tertiary/aromatic N) is 1. The molecule has 0 spiro atoms. The topological polar surface area (TPSA) is 24.9 Å². The summed E-state index contributed by atoms with van der Waals surface area (Å²) in [5, 5.41) is 3.66. The summed E-state index contributed by atoms with van der Waals surface area (Å²) in [7, 11) is 0. The van der Waals surface area contributed by atoms with Gasteiger partial charge in [-0.3, -0.25) is 4.98 Å². The van der Waals surface area contributed by atoms with Crippen molar-refractivity contribution in [2.75, 3.05) is 0 Å². The van der Waals surface area contributed by atoms with Gasteiger partial charge in [-0.25, -0.2) is 0 Å². The second kappa shape index (κ2) is 6.31. The lowest BCUT2D eigenvalue weighted by molar-refractivity contribution is 0.456. The Kier molecular flexibility index (Phi) is 4.48. The largest absolute Gasteiger partial charge is 0.303 e. The van der Waals surface area contributed by atoms with Crippen molar-refractivity contribution in [3.05, 3.63) is 66.0 Å². The summed E-state index contributed by atoms with van der Waals surface area (Å²) < 4.78 is 0. The van der Waals surface area contributed by atoms with Gasteiger partial charge in [0.1, 0.15) is 0 Å². The molecule has 1 unspecified atom stereocenters. The van der Waals surface area contributed by atoms with Crippen molar-refractivity contribution < 1.29 is 0 Å². The standard InChI is InChI=1S/C16H20N2/c1-3-16(14-8-5-4-6-9-14)18-13(2)15-10-7-11-17-12-15/h4-13,16,18H,3H2,1-2H3/t13-,16?/m0/s1. The van der Waals surface area contributed by atoms with Crippen LogP contribution in [0, 0.1) is 0 Å². The van der Waals surface area contributed by atoms with Crippen LogP contribution in [0.1, 0.15) is 43.5 Å². The highest BCUT2D eigenvalue weighted by atomic mass is 14.9. The van der Waals surface area contributed by atoms with Gasteiger partial charge in [-0.2, -0.15) is 0 Å². The first-order valence-electron chi connectivity index (χ1n) is 6.52. The highest BCUT2D eigenvalue weighted by molar-refractivity contribution is 5.20. The van der Waals surface area contributed by atoms with E-state index in [-0.39, 0.29) is 0 Å². The molecule has 0 saturated carbocycles. The molecule has 2 aromatic rings. The number of nitrogens with one attached hydrogen (secondary N) is 1. The monoisotopic (exact) mass is 240 g/mol. The number of rotatable bonds is 5. The summed E-state index contributed by atoms with van der Waals surface area (Å²) in [6, 6.07) is 15.4. The van der Waals surface area contributed by atoms with Gasteiger partial charge < -0.3 is 5.32 Å². The fourth-order valence-electron chi connectivity index (χ4n) is 2.17. The molecule has 2 atom stereocenters. The van der Waals surface area contributed by atoms with Gasteiger partial charge in [0.15, 0.2) is 0 Å². The molecular formula is C16H20N2. The first-order chi connectivity index (χ1) is 8.81. The molecule has 0 aliphatic rings. The van der Waals surface area contributed by atoms with Crippen LogP contribution in [0.25, 0.3) is 0 Å². The van der Waals surface area contributed by atoms with Gasteiger partial charge in [-0.1, -0.05) is 43.3 Å². The maximum Gasteiger partial charge on any atom is 0.0323 e. The van der Waals surface area contributed by atoms with E-state index in [1.807, 2.05) is 18.5 Å². The molecule has 0 amide bonds. The third-order valence-corrected chi connectivity index (χ3v) is 3.25. The first kappa shape index (κ1) is 12.8. The Bertz CT molecular complexity index is 453. The van der Waals surface area contributed by atoms with Gasteiger partial charge in [-0.15, -0.1) is 0 Å². The zero-order valence-electron chi connectivity index (χ0n) is 11.0. The fourth-order valence-corrected chi connectivity index (χ4v) is 2.17. The summed E-state index contributed by atoms with van der Waals surface area (Å²) in [6.07, 6.45) is 4.81. The third-order valence-electron chi connectivity index (χ3n) is 3.25. The lowest BCUT2D eigenvalue weighted by Gasteiger charge is -2.22. The first-order valence-corrected chi connectivity index (χ1v) is 6.52. The van der Waals surface area contributed by atoms with Crippen LogP contribution in [0.4, 0.5) is 0 Å². The van der Waals surface area contributed by atoms with E-state index < -0.39 is 0 Å². The molecule has 0 aliphatic heterocycles. The normalized spacial score (nSPS) is 14.1. The Labute approximate surface area is 109 Å². The average Bonchev–Trinajstić information content (AvgIpc) is 2.46. The van der Waals surface area contributed by atoms with Crippen molar-refractivity contribution in [1.82, 2.24) is 10.3 Å². The zero-order valence-corrected chi connectivity index (χ0v) is 11.0. The Balaban J connectivity index is 2.07. The minimum absolute atomic E-state index is 0.309. The summed E-state index contributed by atoms with van der Waals surface area (Å²) >= 11 is 0. The van der Waals surface area contributed by atoms with Gasteiger partial charge in [-0.05, 0) is 30.5 Å². The number of aromatic nitrogens is 1. The SMILES string of the molecule is CCC(N[C@@H](C)c1cccnc1)c1ccccc1. The predicted molar refractivity (Wildman–Crippen MR) is 75.3 cm³/mol. The maximum absolute atomic E-state index is 4.17. The van der Waals surface area contributed by atoms with Crippen molar-refractivity contribution in [2.24, 2.45) is 0 Å². The summed E-state index contributed by atoms with van der Waals surface area (Å²) in [5.74, 6) is 0. The van der Waals surface area contributed by atoms with E-state index in [9.17, 15) is 0 Å². The van der Waals surface area contributed by atoms with E-state index in [0.717, 1.165) is 6.42 Å². The second-order valence-corrected chi connectivity index (χ2v) is 4.55. The Morgan fingerprint density at radius 2 is 1.78 bits per heavy atom. The van der Waals surface area contributed by atoms with Crippen LogP contribution in [-0.4, -0.2) is 4.98 Å². The van der Waals surface area contributed by atoms with Gasteiger partial charge >= 0.3 is 0 Å². The Hall–Kier alpha value is -1.67. The molecule has 1 aromatic heterocycles. The number of pyridine rings is 1. The van der Waals surface area contributed by atoms with Gasteiger partial charge in [0.2, 0.25) is 0 Å². The zero-order chi connectivity index (χ0) is 12.8. The second-order valence-electron chi connectivity index (χ2n) is 4.55. The molecule has 2 rings (SSSR count). The van der Waals surface area contributed by atoms with Crippen LogP contribution in [0.3, 0.4) is 0 Å². The Morgan fingerprint density at radius 1 is 1.06 bits per heavy atom. The molecule has 18 heavy (non-hydrogen) atoms. The van der Waals surface area contributed by atoms with Crippen LogP contribution < -0.4 is 5.32 Å². The quantitative estimate of drug-likeness (QED) is 0.857. The third kappa shape index (κ3) is 3.17. The molecule has 0 radical (unpaired) electrons. The van der Waals surface area contributed by atoms with E-state index in [2.05, 4.69) is 60.5 Å². The fraction of sp³-hybridized carbons (Fsp3) is 0.312. The molecular weight excluding hydrogens is 220 g/mol. The smallest absolute Gasteiger partial charge is 0.0323 e. The minimum Gasteiger partial charge on any atom is -0.303 e. The van der Waals surface area contributed by atoms with E-state index in [4.69, 9.17) is 0 Å². The minimum atomic E-state index is 0.309. The van der Waals surface area contributed by atoms with Crippen molar-refractivity contribution in [1.29, 1.82) is 0 Å². The number of hydrogen-bond donors (Lipinski definition) is 1. The van der Waals surface area contributed by atoms with Crippen molar-refractivity contribution in [2.45, 2.75) is 32.4 Å². The molecule has 0 fully saturated rings. The van der Waals surface area contributed by atoms with Crippen LogP contribution in [0.5, 0.6) is 0 Å². The molecule has 0 bridgehead atoms. The van der Waals surface area contributed by atoms with Crippen molar-refractivity contribution in [3.63, 3.8) is 0 Å². The molecule has 1 N–H and O–H groups in total. The molecule has 2 heteroatoms. The number of benzene rings is 1. The van der Waals surface area contributed by atoms with Gasteiger partial charge in [0.25, 0.3) is 0 Å². The van der Waals surface area contributed by atoms with Gasteiger partial charge in [0, 0.05) is 24.5 Å². The van der Waals surface area contributed by atoms with Gasteiger partial charge in [0.05, 0.1) is 0 Å². The summed E-state index contributed by atoms with van der Waals surface area (Å²) in [4.78, 5) is 4.17. The predicted octanol–water partition coefficient (Wildman–Crippen LogP) is 3.88. The molecule has 0 saturated heterocycles. The molecule has 1 aromatic carbocycles. The number of hydrogen-bond acceptors (Lipinski definition) is 2. The average molecular weight is 240 g/mol. The molecule has 0 aliphatic carbocycles. The van der Waals surface area contributed by atoms with E-state index in [0.29, 0.717) is 12.1 Å². The summed E-state index contributed by atoms with van der Waals surface area (Å²) in [6.45, 7) is 4.39. The summed E-state index contributed by atoms with van der Waals surface area (Å²) in [5.41, 5.74) is 2.57. The lowest BCUT2D eigenvalue weighted by atomic mass is 10.0. The van der Waals surface area contributed by atoms with Crippen LogP contribution >= 0.6 is 0 Å². The maximum atomic E-state index is 4.17. The molecule has 1 heterocycles. The highest BCUT2D eigenvalue weighted by Crippen LogP contribution is 2.21. The van der Waals surface area contributed by atoms with Crippen molar-refractivity contribution >= 4 is 0 Å². The Morgan fingerprint density at radius 3 is 2.39 bits per heavy atom. The van der Waals surface area contributed by atoms with E-state index in [1.54, 1.807) is 0 Å². The van der Waals surface area contributed by atoms with Crippen LogP contribution in [0.2, 0.25) is 0 Å². The molecule has 2 nitrogen and oxygen atoms in total. The lowest BCUT2D eigenvalue weighted by Crippen LogP contribution is -2.24. The van der Waals surface area contributed by atoms with Crippen LogP contribution in [-0.2, 0) is 0 Å².